The molecule has 1 aromatic heterocycles. The molecule has 0 bridgehead atoms. The first kappa shape index (κ1) is 10.6. The van der Waals surface area contributed by atoms with Crippen molar-refractivity contribution in [2.45, 2.75) is 6.92 Å². The molecule has 0 aliphatic heterocycles. The van der Waals surface area contributed by atoms with Gasteiger partial charge in [-0.2, -0.15) is 0 Å². The molecule has 0 atom stereocenters. The van der Waals surface area contributed by atoms with E-state index in [4.69, 9.17) is 9.90 Å². The number of aliphatic carboxylic acids is 1. The molecule has 1 aromatic rings. The van der Waals surface area contributed by atoms with Gasteiger partial charge in [-0.25, -0.2) is 0 Å². The second-order valence-electron chi connectivity index (χ2n) is 2.04. The fraction of sp³-hybridized carbons (Fsp3) is 0.143. The van der Waals surface area contributed by atoms with E-state index in [0.29, 0.717) is 0 Å². The van der Waals surface area contributed by atoms with Crippen molar-refractivity contribution in [3.63, 3.8) is 0 Å². The normalized spacial score (nSPS) is 7.91. The van der Waals surface area contributed by atoms with Gasteiger partial charge in [-0.15, -0.1) is 0 Å². The van der Waals surface area contributed by atoms with E-state index >= 15 is 0 Å². The third-order valence-corrected chi connectivity index (χ3v) is 1.51. The fourth-order valence-electron chi connectivity index (χ4n) is 0.426. The van der Waals surface area contributed by atoms with Gasteiger partial charge in [0.25, 0.3) is 5.97 Å². The second-order valence-corrected chi connectivity index (χ2v) is 3.20. The molecule has 54 valence electrons. The van der Waals surface area contributed by atoms with Gasteiger partial charge >= 0.3 is 60.3 Å². The van der Waals surface area contributed by atoms with Gasteiger partial charge in [0.1, 0.15) is 0 Å². The molecule has 0 aliphatic carbocycles. The summed E-state index contributed by atoms with van der Waals surface area (Å²) in [6.45, 7) is 1.08. The summed E-state index contributed by atoms with van der Waals surface area (Å²) in [6, 6.07) is 4.07. The van der Waals surface area contributed by atoms with Crippen molar-refractivity contribution in [3.8, 4) is 0 Å². The van der Waals surface area contributed by atoms with Crippen LogP contribution in [0.2, 0.25) is 0 Å². The molecule has 11 heavy (non-hydrogen) atoms. The van der Waals surface area contributed by atoms with Crippen LogP contribution in [0.25, 0.3) is 0 Å². The minimum atomic E-state index is -0.833. The third-order valence-electron chi connectivity index (χ3n) is 0.847. The Labute approximate surface area is 82.9 Å². The number of aromatic nitrogens is 1. The third kappa shape index (κ3) is 9.62. The van der Waals surface area contributed by atoms with Crippen molar-refractivity contribution in [1.82, 2.24) is 4.98 Å². The Morgan fingerprint density at radius 3 is 2.09 bits per heavy atom. The molecular formula is C7H8NNaO2. The van der Waals surface area contributed by atoms with Crippen LogP contribution >= 0.6 is 0 Å². The molecule has 0 radical (unpaired) electrons. The predicted octanol–water partition coefficient (Wildman–Crippen LogP) is -0.0337. The molecule has 3 nitrogen and oxygen atoms in total. The van der Waals surface area contributed by atoms with Gasteiger partial charge in [-0.1, -0.05) is 0 Å². The van der Waals surface area contributed by atoms with Crippen LogP contribution < -0.4 is 2.81 Å². The quantitative estimate of drug-likeness (QED) is 0.543. The molecule has 0 saturated heterocycles. The molecule has 0 aromatic carbocycles. The summed E-state index contributed by atoms with van der Waals surface area (Å²) in [5.41, 5.74) is 0. The topological polar surface area (TPSA) is 50.2 Å². The van der Waals surface area contributed by atoms with Crippen molar-refractivity contribution in [3.05, 3.63) is 24.5 Å². The molecular weight excluding hydrogens is 153 g/mol. The Hall–Kier alpha value is -0.380. The average Bonchev–Trinajstić information content (AvgIpc) is 1.87. The molecule has 1 N–H and O–H groups in total. The molecule has 1 heterocycles. The second kappa shape index (κ2) is 6.34. The van der Waals surface area contributed by atoms with E-state index in [1.165, 1.54) is 2.81 Å². The zero-order chi connectivity index (χ0) is 8.69. The molecule has 4 heteroatoms. The van der Waals surface area contributed by atoms with Crippen LogP contribution in [-0.2, 0) is 4.79 Å². The number of nitrogens with zero attached hydrogens (tertiary/aromatic N) is 1. The van der Waals surface area contributed by atoms with Crippen molar-refractivity contribution in [2.75, 3.05) is 0 Å². The summed E-state index contributed by atoms with van der Waals surface area (Å²) in [5, 5.41) is 7.42. The zero-order valence-corrected chi connectivity index (χ0v) is 8.61. The maximum atomic E-state index is 9.00. The van der Waals surface area contributed by atoms with E-state index in [1.807, 2.05) is 24.5 Å². The van der Waals surface area contributed by atoms with Crippen LogP contribution in [0.3, 0.4) is 0 Å². The number of carboxylic acid groups (broad SMARTS) is 1. The molecule has 0 fully saturated rings. The summed E-state index contributed by atoms with van der Waals surface area (Å²) in [4.78, 5) is 12.9. The van der Waals surface area contributed by atoms with E-state index in [1.54, 1.807) is 0 Å². The Bertz CT molecular complexity index is 209. The van der Waals surface area contributed by atoms with Crippen LogP contribution in [0.5, 0.6) is 0 Å². The van der Waals surface area contributed by atoms with Crippen molar-refractivity contribution in [1.29, 1.82) is 0 Å². The minimum absolute atomic E-state index is 0.833. The van der Waals surface area contributed by atoms with E-state index in [0.717, 1.165) is 34.9 Å². The number of carboxylic acids is 1. The van der Waals surface area contributed by atoms with Crippen LogP contribution in [-0.4, -0.2) is 44.0 Å². The number of carbonyl (C=O) groups is 1. The molecule has 0 spiro atoms. The van der Waals surface area contributed by atoms with Gasteiger partial charge in [0.15, 0.2) is 0 Å². The first-order valence-electron chi connectivity index (χ1n) is 3.19. The summed E-state index contributed by atoms with van der Waals surface area (Å²) >= 11 is 1.13. The first-order chi connectivity index (χ1) is 5.13. The maximum absolute atomic E-state index is 9.00. The van der Waals surface area contributed by atoms with Crippen LogP contribution in [0.4, 0.5) is 0 Å². The molecule has 1 rings (SSSR count). The van der Waals surface area contributed by atoms with Gasteiger partial charge in [0.05, 0.1) is 0 Å². The van der Waals surface area contributed by atoms with Crippen molar-refractivity contribution >= 4 is 36.7 Å². The number of hydrogen-bond acceptors (Lipinski definition) is 2. The van der Waals surface area contributed by atoms with Crippen molar-refractivity contribution < 1.29 is 9.90 Å². The predicted molar refractivity (Wildman–Crippen MR) is 42.9 cm³/mol. The first-order valence-corrected chi connectivity index (χ1v) is 4.19. The average molecular weight is 161 g/mol. The molecule has 0 aliphatic rings. The monoisotopic (exact) mass is 161 g/mol. The summed E-state index contributed by atoms with van der Waals surface area (Å²) in [5.74, 6) is -0.833. The van der Waals surface area contributed by atoms with Gasteiger partial charge in [-0.05, 0) is 0 Å². The molecule has 0 amide bonds. The SMILES string of the molecule is CC(=O)O.[Na][c]1ccncc1. The van der Waals surface area contributed by atoms with Crippen LogP contribution in [0.15, 0.2) is 24.5 Å². The summed E-state index contributed by atoms with van der Waals surface area (Å²) in [7, 11) is 0. The van der Waals surface area contributed by atoms with Gasteiger partial charge in [0.2, 0.25) is 0 Å². The van der Waals surface area contributed by atoms with E-state index in [9.17, 15) is 0 Å². The Morgan fingerprint density at radius 1 is 1.55 bits per heavy atom. The van der Waals surface area contributed by atoms with E-state index in [-0.39, 0.29) is 0 Å². The van der Waals surface area contributed by atoms with E-state index in [2.05, 4.69) is 4.98 Å². The van der Waals surface area contributed by atoms with E-state index < -0.39 is 5.97 Å². The Morgan fingerprint density at radius 2 is 1.91 bits per heavy atom. The van der Waals surface area contributed by atoms with Gasteiger partial charge in [-0.3, -0.25) is 4.79 Å². The van der Waals surface area contributed by atoms with Crippen LogP contribution in [0, 0.1) is 0 Å². The summed E-state index contributed by atoms with van der Waals surface area (Å²) < 4.78 is 1.40. The standard InChI is InChI=1S/C5H4N.C2H4O2.Na/c1-2-4-6-5-3-1;1-2(3)4;/h2-5H;1H3,(H,3,4);. The van der Waals surface area contributed by atoms with Crippen LogP contribution in [0.1, 0.15) is 6.92 Å². The molecule has 0 unspecified atom stereocenters. The van der Waals surface area contributed by atoms with Gasteiger partial charge in [0, 0.05) is 6.92 Å². The number of rotatable bonds is 0. The molecule has 0 saturated carbocycles. The number of hydrogen-bond donors (Lipinski definition) is 1. The zero-order valence-electron chi connectivity index (χ0n) is 6.61. The summed E-state index contributed by atoms with van der Waals surface area (Å²) in [6.07, 6.45) is 3.64. The van der Waals surface area contributed by atoms with Gasteiger partial charge < -0.3 is 5.11 Å². The Kier molecular flexibility index (Phi) is 6.12. The number of pyridine rings is 1. The van der Waals surface area contributed by atoms with Crippen molar-refractivity contribution in [2.24, 2.45) is 0 Å². The Balaban J connectivity index is 0.000000218. The fourth-order valence-corrected chi connectivity index (χ4v) is 0.725.